The molecule has 0 aromatic rings. The molecule has 0 aromatic heterocycles. The number of amides is 1. The second-order valence-electron chi connectivity index (χ2n) is 3.62. The lowest BCUT2D eigenvalue weighted by atomic mass is 10.3. The molecule has 0 rings (SSSR count). The Kier molecular flexibility index (Phi) is 6.52. The van der Waals surface area contributed by atoms with Gasteiger partial charge < -0.3 is 20.2 Å². The summed E-state index contributed by atoms with van der Waals surface area (Å²) >= 11 is 0. The lowest BCUT2D eigenvalue weighted by Gasteiger charge is -2.21. The highest BCUT2D eigenvalue weighted by Crippen LogP contribution is 2.07. The van der Waals surface area contributed by atoms with Crippen LogP contribution in [0.25, 0.3) is 0 Å². The van der Waals surface area contributed by atoms with Crippen molar-refractivity contribution in [1.29, 1.82) is 0 Å². The zero-order chi connectivity index (χ0) is 12.7. The number of carbonyl (C=O) groups excluding carboxylic acids is 1. The highest BCUT2D eigenvalue weighted by Gasteiger charge is 2.17. The van der Waals surface area contributed by atoms with Crippen LogP contribution < -0.4 is 5.32 Å². The monoisotopic (exact) mass is 231 g/mol. The van der Waals surface area contributed by atoms with Crippen molar-refractivity contribution in [3.05, 3.63) is 11.5 Å². The number of hydrogen-bond donors (Lipinski definition) is 2. The Bertz CT molecular complexity index is 264. The lowest BCUT2D eigenvalue weighted by Crippen LogP contribution is -2.29. The van der Waals surface area contributed by atoms with E-state index < -0.39 is 11.7 Å². The summed E-state index contributed by atoms with van der Waals surface area (Å²) in [4.78, 5) is 18.4. The molecule has 0 spiro atoms. The number of nitrogens with zero attached hydrogens (tertiary/aromatic N) is 2. The lowest BCUT2D eigenvalue weighted by molar-refractivity contribution is -0.124. The molecule has 6 nitrogen and oxygen atoms in total. The Hall–Kier alpha value is -1.27. The molecule has 0 radical (unpaired) electrons. The highest BCUT2D eigenvalue weighted by atomic mass is 16.7. The Balaban J connectivity index is 4.83. The minimum Gasteiger partial charge on any atom is -0.501 e. The molecule has 0 aliphatic rings. The van der Waals surface area contributed by atoms with Crippen LogP contribution in [0.5, 0.6) is 0 Å². The first-order valence-electron chi connectivity index (χ1n) is 5.10. The maximum Gasteiger partial charge on any atom is 0.289 e. The van der Waals surface area contributed by atoms with Gasteiger partial charge in [0.2, 0.25) is 5.76 Å². The van der Waals surface area contributed by atoms with Crippen molar-refractivity contribution in [3.8, 4) is 0 Å². The van der Waals surface area contributed by atoms with Crippen LogP contribution in [-0.4, -0.2) is 62.3 Å². The van der Waals surface area contributed by atoms with E-state index in [2.05, 4.69) is 5.32 Å². The van der Waals surface area contributed by atoms with Crippen LogP contribution in [0.15, 0.2) is 11.5 Å². The first-order chi connectivity index (χ1) is 7.42. The summed E-state index contributed by atoms with van der Waals surface area (Å²) < 4.78 is 0. The normalized spacial score (nSPS) is 12.7. The molecular weight excluding hydrogens is 210 g/mol. The predicted octanol–water partition coefficient (Wildman–Crippen LogP) is -0.0531. The van der Waals surface area contributed by atoms with Gasteiger partial charge in [-0.1, -0.05) is 0 Å². The molecule has 6 heteroatoms. The van der Waals surface area contributed by atoms with Gasteiger partial charge in [0.25, 0.3) is 5.91 Å². The van der Waals surface area contributed by atoms with Crippen molar-refractivity contribution in [2.45, 2.75) is 6.92 Å². The average molecular weight is 231 g/mol. The van der Waals surface area contributed by atoms with Gasteiger partial charge in [-0.2, -0.15) is 0 Å². The van der Waals surface area contributed by atoms with E-state index >= 15 is 0 Å². The Morgan fingerprint density at radius 3 is 2.31 bits per heavy atom. The molecule has 0 heterocycles. The minimum atomic E-state index is -0.554. The number of hydrogen-bond acceptors (Lipinski definition) is 5. The van der Waals surface area contributed by atoms with Crippen LogP contribution in [0.1, 0.15) is 6.92 Å². The fraction of sp³-hybridized carbons (Fsp3) is 0.700. The summed E-state index contributed by atoms with van der Waals surface area (Å²) in [7, 11) is 6.83. The van der Waals surface area contributed by atoms with Crippen LogP contribution in [-0.2, 0) is 9.63 Å². The average Bonchev–Trinajstić information content (AvgIpc) is 2.25. The van der Waals surface area contributed by atoms with Gasteiger partial charge in [-0.3, -0.25) is 4.79 Å². The van der Waals surface area contributed by atoms with Crippen molar-refractivity contribution in [1.82, 2.24) is 15.3 Å². The number of aliphatic hydroxyl groups is 1. The third-order valence-electron chi connectivity index (χ3n) is 1.88. The van der Waals surface area contributed by atoms with E-state index in [0.29, 0.717) is 13.1 Å². The summed E-state index contributed by atoms with van der Waals surface area (Å²) in [5.74, 6) is -0.716. The number of hydroxylamine groups is 2. The van der Waals surface area contributed by atoms with Gasteiger partial charge in [0.15, 0.2) is 5.76 Å². The van der Waals surface area contributed by atoms with E-state index in [4.69, 9.17) is 4.84 Å². The molecule has 2 N–H and O–H groups in total. The maximum atomic E-state index is 11.3. The largest absolute Gasteiger partial charge is 0.501 e. The number of nitrogens with one attached hydrogen (secondary N) is 1. The summed E-state index contributed by atoms with van der Waals surface area (Å²) in [5, 5.41) is 13.5. The van der Waals surface area contributed by atoms with Crippen LogP contribution in [0.4, 0.5) is 0 Å². The van der Waals surface area contributed by atoms with E-state index in [1.807, 2.05) is 21.0 Å². The van der Waals surface area contributed by atoms with E-state index in [1.54, 1.807) is 11.9 Å². The number of carbonyl (C=O) groups is 1. The van der Waals surface area contributed by atoms with Crippen LogP contribution in [0, 0.1) is 0 Å². The maximum absolute atomic E-state index is 11.3. The van der Waals surface area contributed by atoms with Gasteiger partial charge in [-0.15, -0.1) is 5.06 Å². The smallest absolute Gasteiger partial charge is 0.289 e. The van der Waals surface area contributed by atoms with Gasteiger partial charge in [-0.05, 0) is 21.0 Å². The van der Waals surface area contributed by atoms with E-state index in [-0.39, 0.29) is 5.76 Å². The number of rotatable bonds is 6. The van der Waals surface area contributed by atoms with Crippen LogP contribution in [0.2, 0.25) is 0 Å². The second-order valence-corrected chi connectivity index (χ2v) is 3.62. The first-order valence-corrected chi connectivity index (χ1v) is 5.10. The Morgan fingerprint density at radius 1 is 1.38 bits per heavy atom. The molecule has 0 aliphatic heterocycles. The van der Waals surface area contributed by atoms with Gasteiger partial charge in [0.1, 0.15) is 0 Å². The molecule has 1 amide bonds. The fourth-order valence-electron chi connectivity index (χ4n) is 0.932. The summed E-state index contributed by atoms with van der Waals surface area (Å²) in [6, 6.07) is 0. The predicted molar refractivity (Wildman–Crippen MR) is 61.7 cm³/mol. The molecule has 0 fully saturated rings. The highest BCUT2D eigenvalue weighted by molar-refractivity contribution is 5.91. The molecule has 0 unspecified atom stereocenters. The molecule has 0 bridgehead atoms. The summed E-state index contributed by atoms with van der Waals surface area (Å²) in [6.07, 6.45) is 0. The van der Waals surface area contributed by atoms with Crippen LogP contribution >= 0.6 is 0 Å². The quantitative estimate of drug-likeness (QED) is 0.381. The Labute approximate surface area is 96.4 Å². The number of likely N-dealkylation sites (N-methyl/N-ethyl adjacent to an activating group) is 2. The van der Waals surface area contributed by atoms with Gasteiger partial charge in [-0.25, -0.2) is 0 Å². The van der Waals surface area contributed by atoms with Gasteiger partial charge in [0, 0.05) is 20.6 Å². The second kappa shape index (κ2) is 7.08. The van der Waals surface area contributed by atoms with Crippen molar-refractivity contribution in [3.63, 3.8) is 0 Å². The summed E-state index contributed by atoms with van der Waals surface area (Å²) in [5.41, 5.74) is 0. The molecule has 0 aliphatic carbocycles. The van der Waals surface area contributed by atoms with E-state index in [9.17, 15) is 9.90 Å². The van der Waals surface area contributed by atoms with Crippen molar-refractivity contribution < 1.29 is 14.7 Å². The summed E-state index contributed by atoms with van der Waals surface area (Å²) in [6.45, 7) is 2.91. The molecule has 0 aromatic carbocycles. The molecular formula is C10H21N3O3. The molecule has 0 saturated carbocycles. The van der Waals surface area contributed by atoms with Crippen molar-refractivity contribution in [2.24, 2.45) is 0 Å². The Morgan fingerprint density at radius 2 is 1.94 bits per heavy atom. The zero-order valence-electron chi connectivity index (χ0n) is 10.6. The third-order valence-corrected chi connectivity index (χ3v) is 1.88. The zero-order valence-corrected chi connectivity index (χ0v) is 10.6. The molecule has 16 heavy (non-hydrogen) atoms. The van der Waals surface area contributed by atoms with Gasteiger partial charge >= 0.3 is 0 Å². The molecule has 94 valence electrons. The molecule has 0 atom stereocenters. The molecule has 0 saturated heterocycles. The minimum absolute atomic E-state index is 0.230. The number of aliphatic hydroxyl groups excluding tert-OH is 1. The third kappa shape index (κ3) is 4.99. The van der Waals surface area contributed by atoms with E-state index in [0.717, 1.165) is 0 Å². The van der Waals surface area contributed by atoms with Crippen LogP contribution in [0.3, 0.4) is 0 Å². The van der Waals surface area contributed by atoms with Gasteiger partial charge in [0.05, 0.1) is 6.54 Å². The van der Waals surface area contributed by atoms with Crippen molar-refractivity contribution in [2.75, 3.05) is 41.3 Å². The van der Waals surface area contributed by atoms with E-state index in [1.165, 1.54) is 12.1 Å². The fourth-order valence-corrected chi connectivity index (χ4v) is 0.932. The topological polar surface area (TPSA) is 65.0 Å². The first kappa shape index (κ1) is 14.7. The van der Waals surface area contributed by atoms with Crippen molar-refractivity contribution >= 4 is 5.91 Å². The standard InChI is InChI=1S/C10H21N3O3/c1-6-13(5)16-8(7-12(3)4)9(14)10(15)11-2/h14H,6-7H2,1-5H3,(H,11,15)/b9-8-. The SMILES string of the molecule is CCN(C)O/C(CN(C)C)=C(\O)C(=O)NC.